The van der Waals surface area contributed by atoms with Crippen LogP contribution in [0.1, 0.15) is 32.9 Å². The minimum Gasteiger partial charge on any atom is -0.477 e. The van der Waals surface area contributed by atoms with Gasteiger partial charge in [-0.1, -0.05) is 48.1 Å². The summed E-state index contributed by atoms with van der Waals surface area (Å²) in [7, 11) is 0. The van der Waals surface area contributed by atoms with Crippen molar-refractivity contribution in [2.45, 2.75) is 13.8 Å². The van der Waals surface area contributed by atoms with Crippen LogP contribution in [-0.4, -0.2) is 16.1 Å². The summed E-state index contributed by atoms with van der Waals surface area (Å²) in [5.74, 6) is -0.920. The first kappa shape index (κ1) is 14.2. The number of aryl methyl sites for hydroxylation is 1. The summed E-state index contributed by atoms with van der Waals surface area (Å²) < 4.78 is 0. The van der Waals surface area contributed by atoms with E-state index in [1.807, 2.05) is 49.4 Å². The predicted octanol–water partition coefficient (Wildman–Crippen LogP) is 4.27. The van der Waals surface area contributed by atoms with E-state index in [0.29, 0.717) is 15.6 Å². The molecule has 2 rings (SSSR count). The van der Waals surface area contributed by atoms with Gasteiger partial charge in [-0.3, -0.25) is 0 Å². The molecule has 20 heavy (non-hydrogen) atoms. The Hall–Kier alpha value is -2.20. The van der Waals surface area contributed by atoms with Gasteiger partial charge in [0.15, 0.2) is 0 Å². The van der Waals surface area contributed by atoms with Crippen molar-refractivity contribution in [3.05, 3.63) is 63.1 Å². The number of hydrogen-bond acceptors (Lipinski definition) is 3. The monoisotopic (exact) mass is 285 g/mol. The van der Waals surface area contributed by atoms with Gasteiger partial charge in [-0.05, 0) is 25.5 Å². The highest BCUT2D eigenvalue weighted by atomic mass is 32.1. The highest BCUT2D eigenvalue weighted by Crippen LogP contribution is 2.20. The quantitative estimate of drug-likeness (QED) is 0.854. The molecule has 1 N–H and O–H groups in total. The zero-order chi connectivity index (χ0) is 14.5. The average molecular weight is 285 g/mol. The van der Waals surface area contributed by atoms with Gasteiger partial charge in [0, 0.05) is 0 Å². The maximum atomic E-state index is 10.9. The molecule has 102 valence electrons. The van der Waals surface area contributed by atoms with Crippen LogP contribution in [0.4, 0.5) is 0 Å². The molecule has 1 heterocycles. The van der Waals surface area contributed by atoms with Crippen molar-refractivity contribution < 1.29 is 9.90 Å². The van der Waals surface area contributed by atoms with Crippen molar-refractivity contribution in [2.75, 3.05) is 0 Å². The van der Waals surface area contributed by atoms with Gasteiger partial charge in [0.25, 0.3) is 0 Å². The van der Waals surface area contributed by atoms with Gasteiger partial charge in [0.05, 0.1) is 5.69 Å². The molecule has 2 aromatic rings. The molecule has 0 saturated heterocycles. The molecule has 4 heteroatoms. The molecule has 0 amide bonds. The molecule has 0 aliphatic carbocycles. The molecule has 0 spiro atoms. The maximum absolute atomic E-state index is 10.9. The van der Waals surface area contributed by atoms with Crippen LogP contribution in [0.15, 0.2) is 42.0 Å². The topological polar surface area (TPSA) is 50.2 Å². The highest BCUT2D eigenvalue weighted by Gasteiger charge is 2.12. The largest absolute Gasteiger partial charge is 0.477 e. The van der Waals surface area contributed by atoms with Crippen molar-refractivity contribution in [3.63, 3.8) is 0 Å². The molecule has 0 bridgehead atoms. The van der Waals surface area contributed by atoms with E-state index in [2.05, 4.69) is 11.1 Å². The van der Waals surface area contributed by atoms with E-state index in [1.165, 1.54) is 11.3 Å². The van der Waals surface area contributed by atoms with Gasteiger partial charge in [-0.15, -0.1) is 11.3 Å². The zero-order valence-electron chi connectivity index (χ0n) is 11.3. The number of hydrogen-bond donors (Lipinski definition) is 1. The van der Waals surface area contributed by atoms with Gasteiger partial charge < -0.3 is 5.11 Å². The molecule has 0 fully saturated rings. The summed E-state index contributed by atoms with van der Waals surface area (Å²) >= 11 is 1.19. The Morgan fingerprint density at radius 1 is 1.30 bits per heavy atom. The van der Waals surface area contributed by atoms with Gasteiger partial charge in [0.1, 0.15) is 9.88 Å². The lowest BCUT2D eigenvalue weighted by Gasteiger charge is -1.94. The Morgan fingerprint density at radius 3 is 2.60 bits per heavy atom. The van der Waals surface area contributed by atoms with Gasteiger partial charge in [-0.25, -0.2) is 9.78 Å². The second kappa shape index (κ2) is 6.30. The average Bonchev–Trinajstić information content (AvgIpc) is 2.79. The van der Waals surface area contributed by atoms with Gasteiger partial charge in [-0.2, -0.15) is 0 Å². The van der Waals surface area contributed by atoms with Crippen LogP contribution in [0.5, 0.6) is 0 Å². The van der Waals surface area contributed by atoms with Crippen molar-refractivity contribution in [1.29, 1.82) is 0 Å². The smallest absolute Gasteiger partial charge is 0.347 e. The number of rotatable bonds is 4. The van der Waals surface area contributed by atoms with Crippen molar-refractivity contribution in [1.82, 2.24) is 4.98 Å². The van der Waals surface area contributed by atoms with E-state index in [1.54, 1.807) is 6.92 Å². The number of carboxylic acid groups (broad SMARTS) is 1. The van der Waals surface area contributed by atoms with Crippen LogP contribution in [0, 0.1) is 6.92 Å². The third kappa shape index (κ3) is 3.65. The number of aromatic nitrogens is 1. The fraction of sp³-hybridized carbons (Fsp3) is 0.125. The van der Waals surface area contributed by atoms with E-state index in [0.717, 1.165) is 11.1 Å². The number of carboxylic acids is 1. The molecular formula is C16H15NO2S. The minimum absolute atomic E-state index is 0.300. The molecule has 0 radical (unpaired) electrons. The number of allylic oxidation sites excluding steroid dienone is 2. The van der Waals surface area contributed by atoms with E-state index in [4.69, 9.17) is 5.11 Å². The van der Waals surface area contributed by atoms with Crippen LogP contribution in [0.25, 0.3) is 12.2 Å². The second-order valence-electron chi connectivity index (χ2n) is 4.40. The SMILES string of the molecule is CC(C=Cc1nc(C)c(C(=O)O)s1)=Cc1ccccc1. The van der Waals surface area contributed by atoms with Crippen molar-refractivity contribution in [3.8, 4) is 0 Å². The molecular weight excluding hydrogens is 270 g/mol. The summed E-state index contributed by atoms with van der Waals surface area (Å²) in [6.07, 6.45) is 5.85. The first-order chi connectivity index (χ1) is 9.56. The third-order valence-corrected chi connectivity index (χ3v) is 3.80. The molecule has 3 nitrogen and oxygen atoms in total. The minimum atomic E-state index is -0.920. The number of carbonyl (C=O) groups is 1. The third-order valence-electron chi connectivity index (χ3n) is 2.69. The predicted molar refractivity (Wildman–Crippen MR) is 82.9 cm³/mol. The molecule has 0 aliphatic rings. The molecule has 0 aliphatic heterocycles. The molecule has 0 atom stereocenters. The van der Waals surface area contributed by atoms with Crippen LogP contribution in [-0.2, 0) is 0 Å². The lowest BCUT2D eigenvalue weighted by molar-refractivity contribution is 0.0701. The van der Waals surface area contributed by atoms with E-state index >= 15 is 0 Å². The fourth-order valence-electron chi connectivity index (χ4n) is 1.75. The Morgan fingerprint density at radius 2 is 2.00 bits per heavy atom. The highest BCUT2D eigenvalue weighted by molar-refractivity contribution is 7.14. The first-order valence-corrected chi connectivity index (χ1v) is 7.00. The zero-order valence-corrected chi connectivity index (χ0v) is 12.1. The van der Waals surface area contributed by atoms with Crippen LogP contribution >= 0.6 is 11.3 Å². The number of aromatic carboxylic acids is 1. The normalized spacial score (nSPS) is 12.0. The number of nitrogens with zero attached hydrogens (tertiary/aromatic N) is 1. The Balaban J connectivity index is 2.15. The summed E-state index contributed by atoms with van der Waals surface area (Å²) in [5, 5.41) is 9.70. The lowest BCUT2D eigenvalue weighted by atomic mass is 10.1. The Bertz CT molecular complexity index is 669. The first-order valence-electron chi connectivity index (χ1n) is 6.18. The van der Waals surface area contributed by atoms with Crippen LogP contribution in [0.2, 0.25) is 0 Å². The van der Waals surface area contributed by atoms with Gasteiger partial charge >= 0.3 is 5.97 Å². The lowest BCUT2D eigenvalue weighted by Crippen LogP contribution is -1.94. The van der Waals surface area contributed by atoms with Crippen LogP contribution in [0.3, 0.4) is 0 Å². The second-order valence-corrected chi connectivity index (χ2v) is 5.43. The Labute approximate surface area is 121 Å². The van der Waals surface area contributed by atoms with Gasteiger partial charge in [0.2, 0.25) is 0 Å². The summed E-state index contributed by atoms with van der Waals surface area (Å²) in [4.78, 5) is 15.5. The summed E-state index contributed by atoms with van der Waals surface area (Å²) in [5.41, 5.74) is 2.78. The fourth-order valence-corrected chi connectivity index (χ4v) is 2.56. The molecule has 0 unspecified atom stereocenters. The standard InChI is InChI=1S/C16H15NO2S/c1-11(10-13-6-4-3-5-7-13)8-9-14-17-12(2)15(20-14)16(18)19/h3-10H,1-2H3,(H,18,19). The summed E-state index contributed by atoms with van der Waals surface area (Å²) in [6.45, 7) is 3.71. The van der Waals surface area contributed by atoms with E-state index in [-0.39, 0.29) is 0 Å². The van der Waals surface area contributed by atoms with E-state index in [9.17, 15) is 4.79 Å². The summed E-state index contributed by atoms with van der Waals surface area (Å²) in [6, 6.07) is 10.0. The number of benzene rings is 1. The van der Waals surface area contributed by atoms with Crippen molar-refractivity contribution >= 4 is 29.5 Å². The molecule has 0 saturated carbocycles. The van der Waals surface area contributed by atoms with Crippen molar-refractivity contribution in [2.24, 2.45) is 0 Å². The number of thiazole rings is 1. The molecule has 1 aromatic carbocycles. The maximum Gasteiger partial charge on any atom is 0.347 e. The van der Waals surface area contributed by atoms with E-state index < -0.39 is 5.97 Å². The van der Waals surface area contributed by atoms with Crippen LogP contribution < -0.4 is 0 Å². The molecule has 1 aromatic heterocycles. The Kier molecular flexibility index (Phi) is 4.48.